The highest BCUT2D eigenvalue weighted by molar-refractivity contribution is 5.34. The van der Waals surface area contributed by atoms with Gasteiger partial charge in [-0.05, 0) is 31.4 Å². The van der Waals surface area contributed by atoms with Crippen molar-refractivity contribution in [3.63, 3.8) is 0 Å². The van der Waals surface area contributed by atoms with Crippen LogP contribution in [0.2, 0.25) is 0 Å². The Bertz CT molecular complexity index is 344. The summed E-state index contributed by atoms with van der Waals surface area (Å²) >= 11 is 0. The molecule has 1 fully saturated rings. The largest absolute Gasteiger partial charge is 0.347 e. The molecular formula is C11H18N4. The van der Waals surface area contributed by atoms with Gasteiger partial charge in [0.2, 0.25) is 5.95 Å². The maximum absolute atomic E-state index is 5.58. The first-order valence-corrected chi connectivity index (χ1v) is 5.45. The fraction of sp³-hybridized carbons (Fsp3) is 0.636. The maximum atomic E-state index is 5.58. The molecule has 1 aliphatic carbocycles. The molecule has 15 heavy (non-hydrogen) atoms. The van der Waals surface area contributed by atoms with E-state index in [0.29, 0.717) is 12.5 Å². The van der Waals surface area contributed by atoms with Crippen molar-refractivity contribution in [2.45, 2.75) is 25.2 Å². The van der Waals surface area contributed by atoms with Crippen LogP contribution in [0.5, 0.6) is 0 Å². The van der Waals surface area contributed by atoms with Crippen LogP contribution in [-0.4, -0.2) is 30.6 Å². The van der Waals surface area contributed by atoms with Crippen molar-refractivity contribution in [2.24, 2.45) is 5.73 Å². The zero-order chi connectivity index (χ0) is 10.8. The SMILES string of the molecule is CN(C)c1ncc(CCN)c(C2CC2)n1. The number of aromatic nitrogens is 2. The van der Waals surface area contributed by atoms with Crippen molar-refractivity contribution in [3.05, 3.63) is 17.5 Å². The Labute approximate surface area is 90.5 Å². The number of nitrogens with two attached hydrogens (primary N) is 1. The summed E-state index contributed by atoms with van der Waals surface area (Å²) in [6.07, 6.45) is 5.35. The average Bonchev–Trinajstić information content (AvgIpc) is 3.02. The molecule has 2 rings (SSSR count). The first-order valence-electron chi connectivity index (χ1n) is 5.45. The highest BCUT2D eigenvalue weighted by Crippen LogP contribution is 2.40. The van der Waals surface area contributed by atoms with Crippen LogP contribution in [0.1, 0.15) is 30.0 Å². The molecule has 4 nitrogen and oxygen atoms in total. The van der Waals surface area contributed by atoms with Crippen LogP contribution >= 0.6 is 0 Å². The lowest BCUT2D eigenvalue weighted by atomic mass is 10.1. The van der Waals surface area contributed by atoms with Gasteiger partial charge in [0, 0.05) is 26.2 Å². The lowest BCUT2D eigenvalue weighted by Gasteiger charge is -2.13. The predicted molar refractivity (Wildman–Crippen MR) is 61.1 cm³/mol. The predicted octanol–water partition coefficient (Wildman–Crippen LogP) is 0.921. The van der Waals surface area contributed by atoms with Crippen molar-refractivity contribution in [1.82, 2.24) is 9.97 Å². The summed E-state index contributed by atoms with van der Waals surface area (Å²) in [5.41, 5.74) is 8.03. The molecule has 0 radical (unpaired) electrons. The second kappa shape index (κ2) is 4.14. The second-order valence-electron chi connectivity index (χ2n) is 4.29. The van der Waals surface area contributed by atoms with E-state index in [0.717, 1.165) is 12.4 Å². The van der Waals surface area contributed by atoms with Crippen LogP contribution in [0.4, 0.5) is 5.95 Å². The minimum atomic E-state index is 0.660. The number of hydrogen-bond acceptors (Lipinski definition) is 4. The summed E-state index contributed by atoms with van der Waals surface area (Å²) in [5.74, 6) is 1.46. The van der Waals surface area contributed by atoms with E-state index < -0.39 is 0 Å². The Morgan fingerprint density at radius 2 is 2.20 bits per heavy atom. The lowest BCUT2D eigenvalue weighted by molar-refractivity contribution is 0.862. The van der Waals surface area contributed by atoms with Gasteiger partial charge in [-0.25, -0.2) is 9.97 Å². The lowest BCUT2D eigenvalue weighted by Crippen LogP contribution is -2.15. The zero-order valence-electron chi connectivity index (χ0n) is 9.40. The van der Waals surface area contributed by atoms with Crippen molar-refractivity contribution in [1.29, 1.82) is 0 Å². The van der Waals surface area contributed by atoms with Crippen LogP contribution in [0.25, 0.3) is 0 Å². The van der Waals surface area contributed by atoms with Crippen molar-refractivity contribution >= 4 is 5.95 Å². The maximum Gasteiger partial charge on any atom is 0.225 e. The first kappa shape index (κ1) is 10.4. The minimum Gasteiger partial charge on any atom is -0.347 e. The van der Waals surface area contributed by atoms with Gasteiger partial charge in [-0.3, -0.25) is 0 Å². The van der Waals surface area contributed by atoms with Gasteiger partial charge in [-0.15, -0.1) is 0 Å². The third-order valence-corrected chi connectivity index (χ3v) is 2.66. The fourth-order valence-electron chi connectivity index (χ4n) is 1.68. The summed E-state index contributed by atoms with van der Waals surface area (Å²) < 4.78 is 0. The third-order valence-electron chi connectivity index (χ3n) is 2.66. The third kappa shape index (κ3) is 2.26. The summed E-state index contributed by atoms with van der Waals surface area (Å²) in [5, 5.41) is 0. The Kier molecular flexibility index (Phi) is 2.86. The van der Waals surface area contributed by atoms with Crippen molar-refractivity contribution in [3.8, 4) is 0 Å². The Morgan fingerprint density at radius 1 is 1.47 bits per heavy atom. The second-order valence-corrected chi connectivity index (χ2v) is 4.29. The van der Waals surface area contributed by atoms with E-state index >= 15 is 0 Å². The monoisotopic (exact) mass is 206 g/mol. The van der Waals surface area contributed by atoms with Crippen LogP contribution in [-0.2, 0) is 6.42 Å². The smallest absolute Gasteiger partial charge is 0.225 e. The topological polar surface area (TPSA) is 55.0 Å². The van der Waals surface area contributed by atoms with E-state index in [1.807, 2.05) is 25.2 Å². The van der Waals surface area contributed by atoms with E-state index in [-0.39, 0.29) is 0 Å². The molecule has 1 aromatic rings. The van der Waals surface area contributed by atoms with Crippen LogP contribution < -0.4 is 10.6 Å². The molecule has 1 heterocycles. The average molecular weight is 206 g/mol. The molecule has 0 saturated heterocycles. The van der Waals surface area contributed by atoms with Gasteiger partial charge < -0.3 is 10.6 Å². The van der Waals surface area contributed by atoms with E-state index in [1.54, 1.807) is 0 Å². The molecule has 0 bridgehead atoms. The molecule has 0 aliphatic heterocycles. The van der Waals surface area contributed by atoms with Gasteiger partial charge in [-0.2, -0.15) is 0 Å². The minimum absolute atomic E-state index is 0.660. The normalized spacial score (nSPS) is 15.4. The highest BCUT2D eigenvalue weighted by Gasteiger charge is 2.28. The molecule has 0 spiro atoms. The summed E-state index contributed by atoms with van der Waals surface area (Å²) in [7, 11) is 3.93. The number of nitrogens with zero attached hydrogens (tertiary/aromatic N) is 3. The van der Waals surface area contributed by atoms with E-state index in [9.17, 15) is 0 Å². The van der Waals surface area contributed by atoms with Gasteiger partial charge in [0.05, 0.1) is 5.69 Å². The van der Waals surface area contributed by atoms with Crippen molar-refractivity contribution < 1.29 is 0 Å². The molecule has 1 saturated carbocycles. The van der Waals surface area contributed by atoms with Crippen LogP contribution in [0.3, 0.4) is 0 Å². The van der Waals surface area contributed by atoms with E-state index in [1.165, 1.54) is 24.1 Å². The number of hydrogen-bond donors (Lipinski definition) is 1. The Morgan fingerprint density at radius 3 is 2.73 bits per heavy atom. The summed E-state index contributed by atoms with van der Waals surface area (Å²) in [4.78, 5) is 10.9. The Balaban J connectivity index is 2.31. The molecule has 2 N–H and O–H groups in total. The van der Waals surface area contributed by atoms with Crippen molar-refractivity contribution in [2.75, 3.05) is 25.5 Å². The highest BCUT2D eigenvalue weighted by atomic mass is 15.2. The molecule has 82 valence electrons. The summed E-state index contributed by atoms with van der Waals surface area (Å²) in [6.45, 7) is 0.671. The molecule has 4 heteroatoms. The molecular weight excluding hydrogens is 188 g/mol. The van der Waals surface area contributed by atoms with Crippen LogP contribution in [0.15, 0.2) is 6.20 Å². The molecule has 1 aromatic heterocycles. The Hall–Kier alpha value is -1.16. The van der Waals surface area contributed by atoms with Gasteiger partial charge in [0.1, 0.15) is 0 Å². The summed E-state index contributed by atoms with van der Waals surface area (Å²) in [6, 6.07) is 0. The number of anilines is 1. The zero-order valence-corrected chi connectivity index (χ0v) is 9.40. The quantitative estimate of drug-likeness (QED) is 0.796. The molecule has 0 amide bonds. The first-order chi connectivity index (χ1) is 7.22. The van der Waals surface area contributed by atoms with Crippen LogP contribution in [0, 0.1) is 0 Å². The van der Waals surface area contributed by atoms with Gasteiger partial charge >= 0.3 is 0 Å². The fourth-order valence-corrected chi connectivity index (χ4v) is 1.68. The van der Waals surface area contributed by atoms with E-state index in [4.69, 9.17) is 5.73 Å². The molecule has 0 atom stereocenters. The molecule has 0 aromatic carbocycles. The number of rotatable bonds is 4. The van der Waals surface area contributed by atoms with Gasteiger partial charge in [0.15, 0.2) is 0 Å². The molecule has 1 aliphatic rings. The van der Waals surface area contributed by atoms with Gasteiger partial charge in [0.25, 0.3) is 0 Å². The van der Waals surface area contributed by atoms with Gasteiger partial charge in [-0.1, -0.05) is 0 Å². The standard InChI is InChI=1S/C11H18N4/c1-15(2)11-13-7-9(5-6-12)10(14-11)8-3-4-8/h7-8H,3-6,12H2,1-2H3. The van der Waals surface area contributed by atoms with E-state index in [2.05, 4.69) is 9.97 Å². The molecule has 0 unspecified atom stereocenters.